The molecule has 2 N–H and O–H groups in total. The van der Waals surface area contributed by atoms with Crippen molar-refractivity contribution >= 4 is 12.0 Å². The molecule has 28 heavy (non-hydrogen) atoms. The van der Waals surface area contributed by atoms with Crippen molar-refractivity contribution in [3.63, 3.8) is 0 Å². The van der Waals surface area contributed by atoms with E-state index in [0.717, 1.165) is 37.2 Å². The molecule has 1 unspecified atom stereocenters. The summed E-state index contributed by atoms with van der Waals surface area (Å²) in [5, 5.41) is 5.70. The van der Waals surface area contributed by atoms with Crippen molar-refractivity contribution in [3.05, 3.63) is 41.1 Å². The Balaban J connectivity index is 1.93. The third kappa shape index (κ3) is 4.84. The predicted octanol–water partition coefficient (Wildman–Crippen LogP) is 2.74. The number of hydrogen-bond acceptors (Lipinski definition) is 5. The van der Waals surface area contributed by atoms with Crippen LogP contribution in [-0.2, 0) is 9.53 Å². The maximum Gasteiger partial charge on any atom is 0.338 e. The summed E-state index contributed by atoms with van der Waals surface area (Å²) in [6.45, 7) is 8.46. The molecule has 1 saturated heterocycles. The molecular weight excluding hydrogens is 358 g/mol. The number of carbonyl (C=O) groups is 2. The van der Waals surface area contributed by atoms with Crippen molar-refractivity contribution in [2.24, 2.45) is 0 Å². The number of urea groups is 1. The summed E-state index contributed by atoms with van der Waals surface area (Å²) in [5.74, 6) is 0.342. The molecule has 2 aliphatic rings. The van der Waals surface area contributed by atoms with Crippen molar-refractivity contribution in [1.29, 1.82) is 0 Å². The van der Waals surface area contributed by atoms with Gasteiger partial charge in [-0.3, -0.25) is 4.90 Å². The third-order valence-corrected chi connectivity index (χ3v) is 4.81. The highest BCUT2D eigenvalue weighted by Crippen LogP contribution is 2.30. The van der Waals surface area contributed by atoms with E-state index in [-0.39, 0.29) is 18.7 Å². The van der Waals surface area contributed by atoms with Crippen LogP contribution in [0.4, 0.5) is 4.79 Å². The molecule has 152 valence electrons. The van der Waals surface area contributed by atoms with Gasteiger partial charge in [-0.2, -0.15) is 0 Å². The second-order valence-electron chi connectivity index (χ2n) is 7.36. The summed E-state index contributed by atoms with van der Waals surface area (Å²) in [7, 11) is 0. The second-order valence-corrected chi connectivity index (χ2v) is 7.36. The van der Waals surface area contributed by atoms with Crippen LogP contribution in [0.3, 0.4) is 0 Å². The van der Waals surface area contributed by atoms with Gasteiger partial charge in [0.15, 0.2) is 0 Å². The van der Waals surface area contributed by atoms with E-state index in [0.29, 0.717) is 17.8 Å². The largest absolute Gasteiger partial charge is 0.491 e. The fraction of sp³-hybridized carbons (Fsp3) is 0.524. The second kappa shape index (κ2) is 9.10. The Hall–Kier alpha value is -2.54. The lowest BCUT2D eigenvalue weighted by Gasteiger charge is -2.31. The van der Waals surface area contributed by atoms with E-state index in [1.54, 1.807) is 6.92 Å². The number of nitrogens with one attached hydrogen (secondary N) is 2. The maximum absolute atomic E-state index is 12.8. The normalized spacial score (nSPS) is 20.1. The molecule has 0 saturated carbocycles. The third-order valence-electron chi connectivity index (χ3n) is 4.81. The molecule has 0 spiro atoms. The number of hydrogen-bond donors (Lipinski definition) is 2. The van der Waals surface area contributed by atoms with Gasteiger partial charge in [-0.15, -0.1) is 0 Å². The molecule has 2 aliphatic heterocycles. The van der Waals surface area contributed by atoms with Crippen LogP contribution in [0.25, 0.3) is 0 Å². The van der Waals surface area contributed by atoms with Crippen molar-refractivity contribution in [1.82, 2.24) is 15.5 Å². The number of benzene rings is 1. The van der Waals surface area contributed by atoms with Crippen molar-refractivity contribution in [2.45, 2.75) is 45.8 Å². The fourth-order valence-electron chi connectivity index (χ4n) is 3.62. The number of carbonyl (C=O) groups excluding carboxylic acids is 2. The Morgan fingerprint density at radius 3 is 2.50 bits per heavy atom. The summed E-state index contributed by atoms with van der Waals surface area (Å²) >= 11 is 0. The molecule has 0 aliphatic carbocycles. The van der Waals surface area contributed by atoms with E-state index in [2.05, 4.69) is 15.5 Å². The van der Waals surface area contributed by atoms with Gasteiger partial charge in [-0.1, -0.05) is 12.1 Å². The van der Waals surface area contributed by atoms with Crippen LogP contribution in [0.15, 0.2) is 35.5 Å². The molecule has 7 heteroatoms. The van der Waals surface area contributed by atoms with E-state index in [1.165, 1.54) is 0 Å². The number of rotatable bonds is 7. The van der Waals surface area contributed by atoms with Crippen LogP contribution >= 0.6 is 0 Å². The Morgan fingerprint density at radius 1 is 1.21 bits per heavy atom. The minimum atomic E-state index is -0.557. The zero-order chi connectivity index (χ0) is 20.1. The molecule has 1 aromatic rings. The summed E-state index contributed by atoms with van der Waals surface area (Å²) < 4.78 is 11.0. The SMILES string of the molecule is CCOC(=O)C1=C(CN2CCCC2)NC(=O)NC1c1ccc(OC(C)C)cc1. The van der Waals surface area contributed by atoms with Gasteiger partial charge in [0.1, 0.15) is 5.75 Å². The first-order chi connectivity index (χ1) is 13.5. The molecule has 7 nitrogen and oxygen atoms in total. The van der Waals surface area contributed by atoms with E-state index in [4.69, 9.17) is 9.47 Å². The average Bonchev–Trinajstić information content (AvgIpc) is 3.14. The summed E-state index contributed by atoms with van der Waals surface area (Å²) in [5.41, 5.74) is 1.90. The molecule has 1 atom stereocenters. The highest BCUT2D eigenvalue weighted by atomic mass is 16.5. The van der Waals surface area contributed by atoms with Gasteiger partial charge in [-0.05, 0) is 64.4 Å². The Morgan fingerprint density at radius 2 is 1.89 bits per heavy atom. The first-order valence-electron chi connectivity index (χ1n) is 9.94. The minimum Gasteiger partial charge on any atom is -0.491 e. The average molecular weight is 387 g/mol. The Labute approximate surface area is 166 Å². The molecule has 2 heterocycles. The lowest BCUT2D eigenvalue weighted by molar-refractivity contribution is -0.139. The Bertz CT molecular complexity index is 737. The van der Waals surface area contributed by atoms with Crippen molar-refractivity contribution in [3.8, 4) is 5.75 Å². The van der Waals surface area contributed by atoms with Gasteiger partial charge in [0, 0.05) is 12.2 Å². The quantitative estimate of drug-likeness (QED) is 0.704. The number of nitrogens with zero attached hydrogens (tertiary/aromatic N) is 1. The van der Waals surface area contributed by atoms with E-state index in [1.807, 2.05) is 38.1 Å². The zero-order valence-corrected chi connectivity index (χ0v) is 16.8. The first-order valence-corrected chi connectivity index (χ1v) is 9.94. The van der Waals surface area contributed by atoms with Gasteiger partial charge in [0.2, 0.25) is 0 Å². The van der Waals surface area contributed by atoms with Crippen molar-refractivity contribution < 1.29 is 19.1 Å². The summed E-state index contributed by atoms with van der Waals surface area (Å²) in [4.78, 5) is 27.3. The highest BCUT2D eigenvalue weighted by Gasteiger charge is 2.34. The molecule has 2 amide bonds. The molecule has 1 fully saturated rings. The van der Waals surface area contributed by atoms with Crippen LogP contribution in [0.1, 0.15) is 45.2 Å². The van der Waals surface area contributed by atoms with Crippen LogP contribution in [0, 0.1) is 0 Å². The lowest BCUT2D eigenvalue weighted by atomic mass is 9.95. The first kappa shape index (κ1) is 20.2. The highest BCUT2D eigenvalue weighted by molar-refractivity contribution is 5.95. The van der Waals surface area contributed by atoms with Crippen molar-refractivity contribution in [2.75, 3.05) is 26.2 Å². The topological polar surface area (TPSA) is 79.9 Å². The van der Waals surface area contributed by atoms with Crippen LogP contribution in [0.2, 0.25) is 0 Å². The number of likely N-dealkylation sites (tertiary alicyclic amines) is 1. The predicted molar refractivity (Wildman–Crippen MR) is 106 cm³/mol. The van der Waals surface area contributed by atoms with E-state index >= 15 is 0 Å². The van der Waals surface area contributed by atoms with E-state index < -0.39 is 12.0 Å². The Kier molecular flexibility index (Phi) is 6.57. The van der Waals surface area contributed by atoms with Gasteiger partial charge in [0.05, 0.1) is 24.3 Å². The smallest absolute Gasteiger partial charge is 0.338 e. The number of ether oxygens (including phenoxy) is 2. The van der Waals surface area contributed by atoms with Crippen LogP contribution in [-0.4, -0.2) is 49.2 Å². The number of amides is 2. The summed E-state index contributed by atoms with van der Waals surface area (Å²) in [6, 6.07) is 6.59. The van der Waals surface area contributed by atoms with Gasteiger partial charge >= 0.3 is 12.0 Å². The molecule has 0 bridgehead atoms. The van der Waals surface area contributed by atoms with Crippen LogP contribution in [0.5, 0.6) is 5.75 Å². The molecular formula is C21H29N3O4. The molecule has 1 aromatic carbocycles. The monoisotopic (exact) mass is 387 g/mol. The van der Waals surface area contributed by atoms with Gasteiger partial charge in [0.25, 0.3) is 0 Å². The standard InChI is InChI=1S/C21H29N3O4/c1-4-27-20(25)18-17(13-24-11-5-6-12-24)22-21(26)23-19(18)15-7-9-16(10-8-15)28-14(2)3/h7-10,14,19H,4-6,11-13H2,1-3H3,(H2,22,23,26). The van der Waals surface area contributed by atoms with Crippen LogP contribution < -0.4 is 15.4 Å². The molecule has 3 rings (SSSR count). The zero-order valence-electron chi connectivity index (χ0n) is 16.8. The fourth-order valence-corrected chi connectivity index (χ4v) is 3.62. The van der Waals surface area contributed by atoms with E-state index in [9.17, 15) is 9.59 Å². The van der Waals surface area contributed by atoms with Gasteiger partial charge < -0.3 is 20.1 Å². The summed E-state index contributed by atoms with van der Waals surface area (Å²) in [6.07, 6.45) is 2.34. The minimum absolute atomic E-state index is 0.0754. The maximum atomic E-state index is 12.8. The number of esters is 1. The molecule has 0 aromatic heterocycles. The lowest BCUT2D eigenvalue weighted by Crippen LogP contribution is -2.48. The van der Waals surface area contributed by atoms with Gasteiger partial charge in [-0.25, -0.2) is 9.59 Å². The molecule has 0 radical (unpaired) electrons.